The molecule has 9 nitrogen and oxygen atoms in total. The number of nitrogens with zero attached hydrogens (tertiary/aromatic N) is 3. The van der Waals surface area contributed by atoms with Crippen molar-refractivity contribution in [2.24, 2.45) is 0 Å². The Bertz CT molecular complexity index is 1060. The molecule has 1 aliphatic rings. The van der Waals surface area contributed by atoms with Crippen LogP contribution in [-0.4, -0.2) is 67.0 Å². The molecule has 0 spiro atoms. The summed E-state index contributed by atoms with van der Waals surface area (Å²) in [7, 11) is -3.18. The molecule has 1 aromatic carbocycles. The lowest BCUT2D eigenvalue weighted by atomic mass is 9.91. The highest BCUT2D eigenvalue weighted by molar-refractivity contribution is 7.89. The van der Waals surface area contributed by atoms with Gasteiger partial charge < -0.3 is 14.4 Å². The molecule has 33 heavy (non-hydrogen) atoms. The molecule has 0 unspecified atom stereocenters. The number of hydrogen-bond donors (Lipinski definition) is 1. The Hall–Kier alpha value is -2.46. The van der Waals surface area contributed by atoms with Gasteiger partial charge in [0.1, 0.15) is 17.7 Å². The summed E-state index contributed by atoms with van der Waals surface area (Å²) in [6.45, 7) is 9.23. The molecule has 1 saturated heterocycles. The van der Waals surface area contributed by atoms with Gasteiger partial charge in [-0.25, -0.2) is 27.9 Å². The van der Waals surface area contributed by atoms with E-state index in [1.165, 1.54) is 0 Å². The summed E-state index contributed by atoms with van der Waals surface area (Å²) >= 11 is 0. The molecule has 2 aromatic rings. The molecule has 0 bridgehead atoms. The van der Waals surface area contributed by atoms with E-state index in [9.17, 15) is 13.2 Å². The Morgan fingerprint density at radius 3 is 2.61 bits per heavy atom. The number of carbonyl (C=O) groups is 1. The third-order valence-electron chi connectivity index (χ3n) is 5.46. The maximum atomic E-state index is 12.3. The zero-order valence-electron chi connectivity index (χ0n) is 19.8. The van der Waals surface area contributed by atoms with Gasteiger partial charge >= 0.3 is 6.09 Å². The molecule has 0 atom stereocenters. The van der Waals surface area contributed by atoms with Crippen LogP contribution in [0.3, 0.4) is 0 Å². The highest BCUT2D eigenvalue weighted by Gasteiger charge is 2.28. The Morgan fingerprint density at radius 2 is 1.94 bits per heavy atom. The first-order chi connectivity index (χ1) is 15.6. The molecule has 1 aliphatic heterocycles. The predicted molar refractivity (Wildman–Crippen MR) is 127 cm³/mol. The Labute approximate surface area is 195 Å². The van der Waals surface area contributed by atoms with Crippen LogP contribution in [0.4, 0.5) is 4.79 Å². The molecular weight excluding hydrogens is 444 g/mol. The maximum Gasteiger partial charge on any atom is 0.410 e. The Kier molecular flexibility index (Phi) is 8.12. The van der Waals surface area contributed by atoms with E-state index in [1.807, 2.05) is 39.0 Å². The smallest absolute Gasteiger partial charge is 0.410 e. The minimum absolute atomic E-state index is 0.0700. The number of aromatic nitrogens is 2. The Morgan fingerprint density at radius 1 is 1.21 bits per heavy atom. The summed E-state index contributed by atoms with van der Waals surface area (Å²) in [5, 5.41) is 0.983. The molecule has 2 heterocycles. The number of likely N-dealkylation sites (tertiary alicyclic amines) is 1. The summed E-state index contributed by atoms with van der Waals surface area (Å²) in [5.41, 5.74) is 1.29. The Balaban J connectivity index is 1.58. The van der Waals surface area contributed by atoms with Gasteiger partial charge in [-0.2, -0.15) is 0 Å². The van der Waals surface area contributed by atoms with Gasteiger partial charge in [0, 0.05) is 37.0 Å². The number of amides is 1. The fourth-order valence-electron chi connectivity index (χ4n) is 3.73. The van der Waals surface area contributed by atoms with Gasteiger partial charge in [-0.15, -0.1) is 0 Å². The van der Waals surface area contributed by atoms with E-state index in [0.29, 0.717) is 38.4 Å². The molecule has 182 valence electrons. The van der Waals surface area contributed by atoms with E-state index >= 15 is 0 Å². The van der Waals surface area contributed by atoms with Crippen LogP contribution in [0.25, 0.3) is 10.9 Å². The number of piperidine rings is 1. The van der Waals surface area contributed by atoms with Crippen LogP contribution in [-0.2, 0) is 14.8 Å². The first-order valence-corrected chi connectivity index (χ1v) is 13.1. The average Bonchev–Trinajstić information content (AvgIpc) is 2.77. The van der Waals surface area contributed by atoms with Gasteiger partial charge in [-0.3, -0.25) is 0 Å². The number of sulfonamides is 1. The fourth-order valence-corrected chi connectivity index (χ4v) is 4.39. The number of carbonyl (C=O) groups excluding carboxylic acids is 1. The first kappa shape index (κ1) is 25.2. The van der Waals surface area contributed by atoms with E-state index in [2.05, 4.69) is 14.7 Å². The first-order valence-electron chi connectivity index (χ1n) is 11.4. The molecule has 1 fully saturated rings. The van der Waals surface area contributed by atoms with Gasteiger partial charge in [-0.05, 0) is 59.1 Å². The molecule has 10 heteroatoms. The molecule has 1 amide bonds. The lowest BCUT2D eigenvalue weighted by Crippen LogP contribution is -2.41. The van der Waals surface area contributed by atoms with Crippen molar-refractivity contribution in [3.63, 3.8) is 0 Å². The third kappa shape index (κ3) is 7.26. The molecule has 3 rings (SSSR count). The van der Waals surface area contributed by atoms with Crippen molar-refractivity contribution in [2.75, 3.05) is 32.0 Å². The number of ether oxygens (including phenoxy) is 2. The highest BCUT2D eigenvalue weighted by atomic mass is 32.2. The van der Waals surface area contributed by atoms with Crippen LogP contribution in [0, 0.1) is 0 Å². The van der Waals surface area contributed by atoms with Gasteiger partial charge in [0.2, 0.25) is 10.0 Å². The second-order valence-corrected chi connectivity index (χ2v) is 11.3. The van der Waals surface area contributed by atoms with E-state index in [-0.39, 0.29) is 17.8 Å². The molecule has 0 aliphatic carbocycles. The zero-order valence-corrected chi connectivity index (χ0v) is 20.7. The predicted octanol–water partition coefficient (Wildman–Crippen LogP) is 3.45. The topological polar surface area (TPSA) is 111 Å². The van der Waals surface area contributed by atoms with Crippen LogP contribution in [0.5, 0.6) is 5.75 Å². The second kappa shape index (κ2) is 10.6. The fraction of sp³-hybridized carbons (Fsp3) is 0.609. The van der Waals surface area contributed by atoms with E-state index in [1.54, 1.807) is 18.2 Å². The van der Waals surface area contributed by atoms with Crippen molar-refractivity contribution >= 4 is 27.0 Å². The maximum absolute atomic E-state index is 12.3. The minimum Gasteiger partial charge on any atom is -0.493 e. The van der Waals surface area contributed by atoms with Gasteiger partial charge in [0.25, 0.3) is 0 Å². The van der Waals surface area contributed by atoms with E-state index < -0.39 is 15.6 Å². The van der Waals surface area contributed by atoms with Crippen molar-refractivity contribution in [1.29, 1.82) is 0 Å². The van der Waals surface area contributed by atoms with Gasteiger partial charge in [-0.1, -0.05) is 0 Å². The molecule has 0 radical (unpaired) electrons. The van der Waals surface area contributed by atoms with E-state index in [4.69, 9.17) is 9.47 Å². The van der Waals surface area contributed by atoms with Crippen molar-refractivity contribution in [3.8, 4) is 5.75 Å². The number of hydrogen-bond acceptors (Lipinski definition) is 7. The van der Waals surface area contributed by atoms with Gasteiger partial charge in [0.05, 0.1) is 23.6 Å². The number of benzene rings is 1. The summed E-state index contributed by atoms with van der Waals surface area (Å²) in [4.78, 5) is 23.0. The molecule has 1 aromatic heterocycles. The standard InChI is InChI=1S/C23H34N4O5S/c1-5-33(29,30)26-11-6-14-31-18-7-8-19-20(15-18)24-16-25-21(19)17-9-12-27(13-10-17)22(28)32-23(2,3)4/h7-8,15-17,26H,5-6,9-14H2,1-4H3. The van der Waals surface area contributed by atoms with Crippen molar-refractivity contribution in [1.82, 2.24) is 19.6 Å². The second-order valence-electron chi connectivity index (χ2n) is 9.18. The number of nitrogens with one attached hydrogen (secondary N) is 1. The summed E-state index contributed by atoms with van der Waals surface area (Å²) in [6.07, 6.45) is 3.51. The van der Waals surface area contributed by atoms with Crippen LogP contribution in [0.1, 0.15) is 58.6 Å². The van der Waals surface area contributed by atoms with Crippen LogP contribution in [0.15, 0.2) is 24.5 Å². The van der Waals surface area contributed by atoms with Crippen LogP contribution < -0.4 is 9.46 Å². The molecule has 0 saturated carbocycles. The molecular formula is C23H34N4O5S. The van der Waals surface area contributed by atoms with Crippen molar-refractivity contribution in [2.45, 2.75) is 58.5 Å². The number of fused-ring (bicyclic) bond motifs is 1. The largest absolute Gasteiger partial charge is 0.493 e. The third-order valence-corrected chi connectivity index (χ3v) is 6.87. The SMILES string of the molecule is CCS(=O)(=O)NCCCOc1ccc2c(C3CCN(C(=O)OC(C)(C)C)CC3)ncnc2c1. The normalized spacial score (nSPS) is 15.6. The summed E-state index contributed by atoms with van der Waals surface area (Å²) in [6, 6.07) is 5.74. The minimum atomic E-state index is -3.18. The lowest BCUT2D eigenvalue weighted by molar-refractivity contribution is 0.0204. The van der Waals surface area contributed by atoms with E-state index in [0.717, 1.165) is 29.4 Å². The quantitative estimate of drug-likeness (QED) is 0.579. The summed E-state index contributed by atoms with van der Waals surface area (Å²) in [5.74, 6) is 0.999. The number of rotatable bonds is 8. The molecule has 1 N–H and O–H groups in total. The van der Waals surface area contributed by atoms with Crippen LogP contribution in [0.2, 0.25) is 0 Å². The lowest BCUT2D eigenvalue weighted by Gasteiger charge is -2.33. The van der Waals surface area contributed by atoms with Crippen molar-refractivity contribution in [3.05, 3.63) is 30.2 Å². The summed E-state index contributed by atoms with van der Waals surface area (Å²) < 4.78 is 36.7. The zero-order chi connectivity index (χ0) is 24.1. The van der Waals surface area contributed by atoms with Crippen molar-refractivity contribution < 1.29 is 22.7 Å². The monoisotopic (exact) mass is 478 g/mol. The highest BCUT2D eigenvalue weighted by Crippen LogP contribution is 2.32. The average molecular weight is 479 g/mol. The van der Waals surface area contributed by atoms with Crippen LogP contribution >= 0.6 is 0 Å². The van der Waals surface area contributed by atoms with Gasteiger partial charge in [0.15, 0.2) is 0 Å².